The maximum Gasteiger partial charge on any atom is 0.123 e. The second kappa shape index (κ2) is 5.73. The van der Waals surface area contributed by atoms with Crippen LogP contribution in [0.4, 0.5) is 4.39 Å². The number of rotatable bonds is 3. The normalized spacial score (nSPS) is 12.4. The molecular weight excluding hydrogens is 270 g/mol. The van der Waals surface area contributed by atoms with Crippen molar-refractivity contribution in [2.75, 3.05) is 0 Å². The van der Waals surface area contributed by atoms with Crippen molar-refractivity contribution in [3.8, 4) is 0 Å². The van der Waals surface area contributed by atoms with Crippen LogP contribution in [0.3, 0.4) is 0 Å². The average molecular weight is 283 g/mol. The van der Waals surface area contributed by atoms with E-state index in [0.717, 1.165) is 21.7 Å². The van der Waals surface area contributed by atoms with Crippen LogP contribution in [-0.2, 0) is 6.42 Å². The monoisotopic (exact) mass is 282 g/mol. The highest BCUT2D eigenvalue weighted by Gasteiger charge is 2.10. The van der Waals surface area contributed by atoms with Gasteiger partial charge in [-0.2, -0.15) is 0 Å². The van der Waals surface area contributed by atoms with E-state index in [2.05, 4.69) is 0 Å². The Balaban J connectivity index is 2.13. The molecule has 0 fully saturated rings. The quantitative estimate of drug-likeness (QED) is 0.669. The number of alkyl halides is 1. The lowest BCUT2D eigenvalue weighted by Gasteiger charge is -2.11. The molecule has 0 N–H and O–H groups in total. The van der Waals surface area contributed by atoms with E-state index in [1.54, 1.807) is 12.1 Å². The van der Waals surface area contributed by atoms with Gasteiger partial charge in [0.2, 0.25) is 0 Å². The molecule has 0 aliphatic heterocycles. The molecule has 1 atom stereocenters. The van der Waals surface area contributed by atoms with Gasteiger partial charge in [-0.25, -0.2) is 4.39 Å². The standard InChI is InChI=1S/C15H13Cl2F/c1-10-2-5-12(9-14(10)16)15(17)8-11-3-6-13(18)7-4-11/h2-7,9,15H,8H2,1H3. The van der Waals surface area contributed by atoms with Crippen molar-refractivity contribution < 1.29 is 4.39 Å². The van der Waals surface area contributed by atoms with E-state index in [1.165, 1.54) is 12.1 Å². The first-order valence-corrected chi connectivity index (χ1v) is 6.52. The maximum atomic E-state index is 12.8. The molecule has 0 saturated heterocycles. The average Bonchev–Trinajstić information content (AvgIpc) is 2.35. The van der Waals surface area contributed by atoms with Crippen LogP contribution in [0.5, 0.6) is 0 Å². The number of aryl methyl sites for hydroxylation is 1. The van der Waals surface area contributed by atoms with Crippen LogP contribution >= 0.6 is 23.2 Å². The summed E-state index contributed by atoms with van der Waals surface area (Å²) in [6.07, 6.45) is 0.654. The summed E-state index contributed by atoms with van der Waals surface area (Å²) in [5.41, 5.74) is 3.02. The fourth-order valence-corrected chi connectivity index (χ4v) is 2.25. The van der Waals surface area contributed by atoms with Crippen LogP contribution in [-0.4, -0.2) is 0 Å². The molecule has 0 saturated carbocycles. The Labute approximate surface area is 116 Å². The molecule has 0 spiro atoms. The van der Waals surface area contributed by atoms with E-state index < -0.39 is 0 Å². The van der Waals surface area contributed by atoms with Gasteiger partial charge in [0.25, 0.3) is 0 Å². The third-order valence-corrected chi connectivity index (χ3v) is 3.70. The zero-order valence-electron chi connectivity index (χ0n) is 9.96. The van der Waals surface area contributed by atoms with Crippen LogP contribution in [0.1, 0.15) is 22.1 Å². The van der Waals surface area contributed by atoms with Gasteiger partial charge in [0.15, 0.2) is 0 Å². The molecule has 0 bridgehead atoms. The van der Waals surface area contributed by atoms with Crippen molar-refractivity contribution in [1.29, 1.82) is 0 Å². The lowest BCUT2D eigenvalue weighted by molar-refractivity contribution is 0.627. The van der Waals surface area contributed by atoms with E-state index >= 15 is 0 Å². The van der Waals surface area contributed by atoms with Crippen molar-refractivity contribution in [2.45, 2.75) is 18.7 Å². The Hall–Kier alpha value is -1.05. The van der Waals surface area contributed by atoms with Crippen LogP contribution in [0.15, 0.2) is 42.5 Å². The Morgan fingerprint density at radius 1 is 1.11 bits per heavy atom. The minimum atomic E-state index is -0.233. The van der Waals surface area contributed by atoms with Crippen LogP contribution in [0, 0.1) is 12.7 Å². The molecule has 0 amide bonds. The molecule has 0 aliphatic carbocycles. The smallest absolute Gasteiger partial charge is 0.123 e. The summed E-state index contributed by atoms with van der Waals surface area (Å²) >= 11 is 12.4. The van der Waals surface area contributed by atoms with Gasteiger partial charge in [-0.1, -0.05) is 35.9 Å². The number of hydrogen-bond donors (Lipinski definition) is 0. The van der Waals surface area contributed by atoms with Crippen molar-refractivity contribution in [2.24, 2.45) is 0 Å². The second-order valence-corrected chi connectivity index (χ2v) is 5.24. The van der Waals surface area contributed by atoms with Crippen LogP contribution in [0.25, 0.3) is 0 Å². The lowest BCUT2D eigenvalue weighted by Crippen LogP contribution is -1.96. The lowest BCUT2D eigenvalue weighted by atomic mass is 10.0. The van der Waals surface area contributed by atoms with Crippen LogP contribution < -0.4 is 0 Å². The molecule has 94 valence electrons. The first kappa shape index (κ1) is 13.4. The van der Waals surface area contributed by atoms with E-state index in [0.29, 0.717) is 6.42 Å². The first-order chi connectivity index (χ1) is 8.56. The zero-order chi connectivity index (χ0) is 13.1. The van der Waals surface area contributed by atoms with Gasteiger partial charge in [-0.15, -0.1) is 11.6 Å². The molecule has 2 rings (SSSR count). The molecule has 0 radical (unpaired) electrons. The summed E-state index contributed by atoms with van der Waals surface area (Å²) in [4.78, 5) is 0. The van der Waals surface area contributed by atoms with Gasteiger partial charge in [0.1, 0.15) is 5.82 Å². The first-order valence-electron chi connectivity index (χ1n) is 5.71. The highest BCUT2D eigenvalue weighted by Crippen LogP contribution is 2.28. The minimum Gasteiger partial charge on any atom is -0.207 e. The summed E-state index contributed by atoms with van der Waals surface area (Å²) < 4.78 is 12.8. The van der Waals surface area contributed by atoms with Crippen molar-refractivity contribution in [3.05, 3.63) is 70.0 Å². The predicted octanol–water partition coefficient (Wildman–Crippen LogP) is 5.31. The topological polar surface area (TPSA) is 0 Å². The van der Waals surface area contributed by atoms with E-state index in [-0.39, 0.29) is 11.2 Å². The van der Waals surface area contributed by atoms with E-state index in [4.69, 9.17) is 23.2 Å². The molecule has 0 heterocycles. The summed E-state index contributed by atoms with van der Waals surface area (Å²) in [6.45, 7) is 1.95. The Bertz CT molecular complexity index is 535. The summed E-state index contributed by atoms with van der Waals surface area (Å²) in [7, 11) is 0. The largest absolute Gasteiger partial charge is 0.207 e. The SMILES string of the molecule is Cc1ccc(C(Cl)Cc2ccc(F)cc2)cc1Cl. The Kier molecular flexibility index (Phi) is 4.26. The van der Waals surface area contributed by atoms with E-state index in [1.807, 2.05) is 25.1 Å². The Morgan fingerprint density at radius 3 is 2.39 bits per heavy atom. The Morgan fingerprint density at radius 2 is 1.78 bits per heavy atom. The molecule has 0 nitrogen and oxygen atoms in total. The van der Waals surface area contributed by atoms with Crippen LogP contribution in [0.2, 0.25) is 5.02 Å². The third kappa shape index (κ3) is 3.24. The molecule has 3 heteroatoms. The van der Waals surface area contributed by atoms with Crippen molar-refractivity contribution >= 4 is 23.2 Å². The summed E-state index contributed by atoms with van der Waals surface area (Å²) in [6, 6.07) is 12.2. The molecule has 0 aromatic heterocycles. The zero-order valence-corrected chi connectivity index (χ0v) is 11.5. The molecular formula is C15H13Cl2F. The van der Waals surface area contributed by atoms with Gasteiger partial charge < -0.3 is 0 Å². The van der Waals surface area contributed by atoms with E-state index in [9.17, 15) is 4.39 Å². The summed E-state index contributed by atoms with van der Waals surface area (Å²) in [5.74, 6) is -0.233. The fourth-order valence-electron chi connectivity index (χ4n) is 1.75. The highest BCUT2D eigenvalue weighted by atomic mass is 35.5. The molecule has 0 aliphatic rings. The minimum absolute atomic E-state index is 0.159. The molecule has 2 aromatic carbocycles. The highest BCUT2D eigenvalue weighted by molar-refractivity contribution is 6.31. The summed E-state index contributed by atoms with van der Waals surface area (Å²) in [5, 5.41) is 0.561. The van der Waals surface area contributed by atoms with Gasteiger partial charge >= 0.3 is 0 Å². The van der Waals surface area contributed by atoms with Gasteiger partial charge in [0.05, 0.1) is 5.38 Å². The van der Waals surface area contributed by atoms with Gasteiger partial charge in [0, 0.05) is 5.02 Å². The van der Waals surface area contributed by atoms with Crippen molar-refractivity contribution in [3.63, 3.8) is 0 Å². The molecule has 18 heavy (non-hydrogen) atoms. The predicted molar refractivity (Wildman–Crippen MR) is 74.9 cm³/mol. The molecule has 1 unspecified atom stereocenters. The number of hydrogen-bond acceptors (Lipinski definition) is 0. The molecule has 2 aromatic rings. The van der Waals surface area contributed by atoms with Gasteiger partial charge in [-0.05, 0) is 48.2 Å². The maximum absolute atomic E-state index is 12.8. The van der Waals surface area contributed by atoms with Crippen molar-refractivity contribution in [1.82, 2.24) is 0 Å². The number of benzene rings is 2. The fraction of sp³-hybridized carbons (Fsp3) is 0.200. The van der Waals surface area contributed by atoms with Gasteiger partial charge in [-0.3, -0.25) is 0 Å². The second-order valence-electron chi connectivity index (χ2n) is 4.31. The number of halogens is 3. The third-order valence-electron chi connectivity index (χ3n) is 2.89.